The molecule has 0 amide bonds. The molecule has 1 rings (SSSR count). The molecule has 1 aromatic rings. The van der Waals surface area contributed by atoms with Crippen LogP contribution in [-0.2, 0) is 0 Å². The molecule has 0 atom stereocenters. The van der Waals surface area contributed by atoms with E-state index in [2.05, 4.69) is 24.1 Å². The Morgan fingerprint density at radius 2 is 2.21 bits per heavy atom. The summed E-state index contributed by atoms with van der Waals surface area (Å²) in [7, 11) is 0. The Labute approximate surface area is 83.5 Å². The Morgan fingerprint density at radius 3 is 2.71 bits per heavy atom. The summed E-state index contributed by atoms with van der Waals surface area (Å²) >= 11 is 0. The van der Waals surface area contributed by atoms with Crippen LogP contribution in [0.4, 0.5) is 10.2 Å². The standard InChI is InChI=1S/C10H16FN3/c1-10(2,6-12)7-14-9-4-3-8(11)5-13-9/h3-5H,6-7,12H2,1-2H3,(H,13,14). The van der Waals surface area contributed by atoms with Gasteiger partial charge in [0.1, 0.15) is 11.6 Å². The van der Waals surface area contributed by atoms with Crippen molar-refractivity contribution in [2.45, 2.75) is 13.8 Å². The van der Waals surface area contributed by atoms with Crippen molar-refractivity contribution in [2.75, 3.05) is 18.4 Å². The fourth-order valence-corrected chi connectivity index (χ4v) is 0.882. The molecular formula is C10H16FN3. The molecule has 4 heteroatoms. The van der Waals surface area contributed by atoms with Gasteiger partial charge >= 0.3 is 0 Å². The first-order valence-corrected chi connectivity index (χ1v) is 4.59. The molecule has 0 fully saturated rings. The molecule has 0 aliphatic rings. The Hall–Kier alpha value is -1.16. The zero-order chi connectivity index (χ0) is 10.6. The smallest absolute Gasteiger partial charge is 0.141 e. The Morgan fingerprint density at radius 1 is 1.50 bits per heavy atom. The maximum Gasteiger partial charge on any atom is 0.141 e. The number of nitrogens with two attached hydrogens (primary N) is 1. The van der Waals surface area contributed by atoms with Crippen molar-refractivity contribution in [3.05, 3.63) is 24.1 Å². The Kier molecular flexibility index (Phi) is 3.41. The van der Waals surface area contributed by atoms with Crippen molar-refractivity contribution in [2.24, 2.45) is 11.1 Å². The lowest BCUT2D eigenvalue weighted by molar-refractivity contribution is 0.405. The summed E-state index contributed by atoms with van der Waals surface area (Å²) in [5.74, 6) is 0.349. The molecule has 3 nitrogen and oxygen atoms in total. The van der Waals surface area contributed by atoms with Crippen LogP contribution in [0.2, 0.25) is 0 Å². The van der Waals surface area contributed by atoms with Gasteiger partial charge in [0.05, 0.1) is 6.20 Å². The highest BCUT2D eigenvalue weighted by Crippen LogP contribution is 2.13. The zero-order valence-corrected chi connectivity index (χ0v) is 8.55. The predicted molar refractivity (Wildman–Crippen MR) is 55.5 cm³/mol. The molecule has 0 spiro atoms. The molecule has 0 aromatic carbocycles. The monoisotopic (exact) mass is 197 g/mol. The van der Waals surface area contributed by atoms with Gasteiger partial charge in [0.25, 0.3) is 0 Å². The van der Waals surface area contributed by atoms with Crippen molar-refractivity contribution in [3.63, 3.8) is 0 Å². The molecule has 1 aromatic heterocycles. The van der Waals surface area contributed by atoms with Crippen LogP contribution in [0.1, 0.15) is 13.8 Å². The molecule has 0 unspecified atom stereocenters. The maximum atomic E-state index is 12.5. The van der Waals surface area contributed by atoms with Crippen molar-refractivity contribution < 1.29 is 4.39 Å². The quantitative estimate of drug-likeness (QED) is 0.771. The average molecular weight is 197 g/mol. The van der Waals surface area contributed by atoms with Gasteiger partial charge in [0.2, 0.25) is 0 Å². The SMILES string of the molecule is CC(C)(CN)CNc1ccc(F)cn1. The molecule has 1 heterocycles. The minimum atomic E-state index is -0.325. The summed E-state index contributed by atoms with van der Waals surface area (Å²) < 4.78 is 12.5. The molecular weight excluding hydrogens is 181 g/mol. The fourth-order valence-electron chi connectivity index (χ4n) is 0.882. The summed E-state index contributed by atoms with van der Waals surface area (Å²) in [6, 6.07) is 2.99. The summed E-state index contributed by atoms with van der Waals surface area (Å²) in [5, 5.41) is 3.11. The van der Waals surface area contributed by atoms with Crippen molar-refractivity contribution in [1.29, 1.82) is 0 Å². The number of hydrogen-bond donors (Lipinski definition) is 2. The van der Waals surface area contributed by atoms with Gasteiger partial charge in [-0.1, -0.05) is 13.8 Å². The van der Waals surface area contributed by atoms with E-state index in [1.807, 2.05) is 0 Å². The molecule has 0 radical (unpaired) electrons. The van der Waals surface area contributed by atoms with Crippen LogP contribution in [0, 0.1) is 11.2 Å². The highest BCUT2D eigenvalue weighted by molar-refractivity contribution is 5.33. The van der Waals surface area contributed by atoms with Crippen LogP contribution in [0.3, 0.4) is 0 Å². The third kappa shape index (κ3) is 3.30. The van der Waals surface area contributed by atoms with Crippen LogP contribution < -0.4 is 11.1 Å². The van der Waals surface area contributed by atoms with Gasteiger partial charge in [-0.15, -0.1) is 0 Å². The van der Waals surface area contributed by atoms with E-state index in [0.717, 1.165) is 6.54 Å². The minimum absolute atomic E-state index is 0.0239. The third-order valence-electron chi connectivity index (χ3n) is 2.03. The summed E-state index contributed by atoms with van der Waals surface area (Å²) in [6.07, 6.45) is 1.19. The van der Waals surface area contributed by atoms with Crippen LogP contribution in [-0.4, -0.2) is 18.1 Å². The molecule has 0 saturated carbocycles. The van der Waals surface area contributed by atoms with Crippen molar-refractivity contribution in [3.8, 4) is 0 Å². The van der Waals surface area contributed by atoms with Gasteiger partial charge in [0, 0.05) is 6.54 Å². The largest absolute Gasteiger partial charge is 0.369 e. The Balaban J connectivity index is 2.50. The maximum absolute atomic E-state index is 12.5. The first-order valence-electron chi connectivity index (χ1n) is 4.59. The number of nitrogens with zero attached hydrogens (tertiary/aromatic N) is 1. The number of pyridine rings is 1. The number of halogens is 1. The van der Waals surface area contributed by atoms with Gasteiger partial charge in [-0.05, 0) is 24.1 Å². The van der Waals surface area contributed by atoms with Crippen LogP contribution >= 0.6 is 0 Å². The van der Waals surface area contributed by atoms with Crippen molar-refractivity contribution >= 4 is 5.82 Å². The average Bonchev–Trinajstić information content (AvgIpc) is 2.17. The highest BCUT2D eigenvalue weighted by atomic mass is 19.1. The van der Waals surface area contributed by atoms with E-state index in [9.17, 15) is 4.39 Å². The third-order valence-corrected chi connectivity index (χ3v) is 2.03. The van der Waals surface area contributed by atoms with E-state index in [1.54, 1.807) is 6.07 Å². The van der Waals surface area contributed by atoms with Gasteiger partial charge in [-0.25, -0.2) is 9.37 Å². The van der Waals surface area contributed by atoms with Crippen molar-refractivity contribution in [1.82, 2.24) is 4.98 Å². The zero-order valence-electron chi connectivity index (χ0n) is 8.55. The van der Waals surface area contributed by atoms with E-state index in [1.165, 1.54) is 12.3 Å². The van der Waals surface area contributed by atoms with Crippen LogP contribution in [0.15, 0.2) is 18.3 Å². The molecule has 3 N–H and O–H groups in total. The van der Waals surface area contributed by atoms with Crippen LogP contribution in [0.25, 0.3) is 0 Å². The van der Waals surface area contributed by atoms with E-state index in [0.29, 0.717) is 12.4 Å². The van der Waals surface area contributed by atoms with Gasteiger partial charge in [-0.3, -0.25) is 0 Å². The minimum Gasteiger partial charge on any atom is -0.369 e. The van der Waals surface area contributed by atoms with E-state index >= 15 is 0 Å². The fraction of sp³-hybridized carbons (Fsp3) is 0.500. The number of rotatable bonds is 4. The summed E-state index contributed by atoms with van der Waals surface area (Å²) in [6.45, 7) is 5.44. The molecule has 0 bridgehead atoms. The second-order valence-electron chi connectivity index (χ2n) is 4.08. The normalized spacial score (nSPS) is 11.4. The number of hydrogen-bond acceptors (Lipinski definition) is 3. The van der Waals surface area contributed by atoms with Gasteiger partial charge in [0.15, 0.2) is 0 Å². The molecule has 0 saturated heterocycles. The van der Waals surface area contributed by atoms with E-state index in [-0.39, 0.29) is 11.2 Å². The van der Waals surface area contributed by atoms with E-state index in [4.69, 9.17) is 5.73 Å². The second kappa shape index (κ2) is 4.37. The van der Waals surface area contributed by atoms with Gasteiger partial charge < -0.3 is 11.1 Å². The number of anilines is 1. The lowest BCUT2D eigenvalue weighted by atomic mass is 9.94. The molecule has 0 aliphatic carbocycles. The topological polar surface area (TPSA) is 50.9 Å². The molecule has 0 aliphatic heterocycles. The molecule has 78 valence electrons. The number of nitrogens with one attached hydrogen (secondary N) is 1. The lowest BCUT2D eigenvalue weighted by Gasteiger charge is -2.22. The first-order chi connectivity index (χ1) is 6.53. The van der Waals surface area contributed by atoms with E-state index < -0.39 is 0 Å². The summed E-state index contributed by atoms with van der Waals surface area (Å²) in [4.78, 5) is 3.89. The lowest BCUT2D eigenvalue weighted by Crippen LogP contribution is -2.31. The van der Waals surface area contributed by atoms with Crippen LogP contribution in [0.5, 0.6) is 0 Å². The first kappa shape index (κ1) is 10.9. The second-order valence-corrected chi connectivity index (χ2v) is 4.08. The predicted octanol–water partition coefficient (Wildman–Crippen LogP) is 1.62. The summed E-state index contributed by atoms with van der Waals surface area (Å²) in [5.41, 5.74) is 5.60. The molecule has 14 heavy (non-hydrogen) atoms. The highest BCUT2D eigenvalue weighted by Gasteiger charge is 2.14. The van der Waals surface area contributed by atoms with Gasteiger partial charge in [-0.2, -0.15) is 0 Å². The number of aromatic nitrogens is 1. The Bertz CT molecular complexity index is 282.